The van der Waals surface area contributed by atoms with Gasteiger partial charge in [0.1, 0.15) is 0 Å². The largest absolute Gasteiger partial charge is 0.391 e. The SMILES string of the molecule is CC1(C(=O)N2CC[C@H](O)C2)CCCC1N. The zero-order valence-electron chi connectivity index (χ0n) is 9.28. The van der Waals surface area contributed by atoms with Crippen LogP contribution >= 0.6 is 0 Å². The van der Waals surface area contributed by atoms with Gasteiger partial charge in [-0.2, -0.15) is 0 Å². The molecule has 0 aromatic heterocycles. The number of aliphatic hydroxyl groups excluding tert-OH is 1. The van der Waals surface area contributed by atoms with Crippen LogP contribution in [-0.4, -0.2) is 41.1 Å². The number of amides is 1. The van der Waals surface area contributed by atoms with Crippen molar-refractivity contribution in [1.82, 2.24) is 4.90 Å². The molecule has 2 aliphatic rings. The first-order valence-corrected chi connectivity index (χ1v) is 5.77. The molecule has 1 saturated heterocycles. The minimum atomic E-state index is -0.385. The van der Waals surface area contributed by atoms with E-state index < -0.39 is 0 Å². The van der Waals surface area contributed by atoms with Gasteiger partial charge in [-0.25, -0.2) is 0 Å². The highest BCUT2D eigenvalue weighted by Gasteiger charge is 2.46. The molecule has 4 nitrogen and oxygen atoms in total. The first-order valence-electron chi connectivity index (χ1n) is 5.77. The van der Waals surface area contributed by atoms with Crippen molar-refractivity contribution in [3.63, 3.8) is 0 Å². The van der Waals surface area contributed by atoms with Crippen molar-refractivity contribution in [2.45, 2.75) is 44.8 Å². The zero-order valence-corrected chi connectivity index (χ0v) is 9.28. The van der Waals surface area contributed by atoms with Gasteiger partial charge in [0.25, 0.3) is 0 Å². The Morgan fingerprint density at radius 2 is 2.27 bits per heavy atom. The van der Waals surface area contributed by atoms with Crippen LogP contribution in [0.2, 0.25) is 0 Å². The summed E-state index contributed by atoms with van der Waals surface area (Å²) in [6, 6.07) is -0.0113. The Morgan fingerprint density at radius 1 is 1.53 bits per heavy atom. The van der Waals surface area contributed by atoms with Crippen LogP contribution in [-0.2, 0) is 4.79 Å². The first kappa shape index (κ1) is 10.9. The monoisotopic (exact) mass is 212 g/mol. The van der Waals surface area contributed by atoms with E-state index in [1.54, 1.807) is 4.90 Å². The normalized spacial score (nSPS) is 41.1. The summed E-state index contributed by atoms with van der Waals surface area (Å²) in [7, 11) is 0. The van der Waals surface area contributed by atoms with E-state index in [2.05, 4.69) is 0 Å². The summed E-state index contributed by atoms with van der Waals surface area (Å²) in [5.74, 6) is 0.143. The Bertz CT molecular complexity index is 269. The average Bonchev–Trinajstić information content (AvgIpc) is 2.75. The lowest BCUT2D eigenvalue weighted by atomic mass is 9.83. The number of hydrogen-bond acceptors (Lipinski definition) is 3. The maximum absolute atomic E-state index is 12.3. The molecule has 0 bridgehead atoms. The molecule has 3 atom stereocenters. The van der Waals surface area contributed by atoms with Crippen LogP contribution in [0, 0.1) is 5.41 Å². The topological polar surface area (TPSA) is 66.6 Å². The van der Waals surface area contributed by atoms with Crippen LogP contribution in [0.1, 0.15) is 32.6 Å². The number of carbonyl (C=O) groups excluding carboxylic acids is 1. The van der Waals surface area contributed by atoms with Crippen LogP contribution in [0.3, 0.4) is 0 Å². The van der Waals surface area contributed by atoms with Crippen LogP contribution in [0.5, 0.6) is 0 Å². The third-order valence-electron chi connectivity index (χ3n) is 3.97. The molecule has 0 aromatic carbocycles. The molecule has 0 radical (unpaired) electrons. The van der Waals surface area contributed by atoms with Gasteiger partial charge < -0.3 is 15.7 Å². The lowest BCUT2D eigenvalue weighted by Gasteiger charge is -2.32. The van der Waals surface area contributed by atoms with Crippen molar-refractivity contribution in [2.75, 3.05) is 13.1 Å². The summed E-state index contributed by atoms with van der Waals surface area (Å²) < 4.78 is 0. The van der Waals surface area contributed by atoms with Crippen molar-refractivity contribution < 1.29 is 9.90 Å². The smallest absolute Gasteiger partial charge is 0.230 e. The predicted octanol–water partition coefficient (Wildman–Crippen LogP) is 0.0971. The van der Waals surface area contributed by atoms with Gasteiger partial charge in [0.05, 0.1) is 11.5 Å². The lowest BCUT2D eigenvalue weighted by molar-refractivity contribution is -0.140. The molecular weight excluding hydrogens is 192 g/mol. The van der Waals surface area contributed by atoms with E-state index >= 15 is 0 Å². The minimum absolute atomic E-state index is 0.0113. The zero-order chi connectivity index (χ0) is 11.1. The Morgan fingerprint density at radius 3 is 2.73 bits per heavy atom. The summed E-state index contributed by atoms with van der Waals surface area (Å²) in [5.41, 5.74) is 5.62. The predicted molar refractivity (Wildman–Crippen MR) is 57.1 cm³/mol. The van der Waals surface area contributed by atoms with E-state index in [9.17, 15) is 9.90 Å². The summed E-state index contributed by atoms with van der Waals surface area (Å²) >= 11 is 0. The van der Waals surface area contributed by atoms with E-state index in [1.165, 1.54) is 0 Å². The summed E-state index contributed by atoms with van der Waals surface area (Å²) in [5, 5.41) is 9.42. The number of nitrogens with two attached hydrogens (primary N) is 1. The number of hydrogen-bond donors (Lipinski definition) is 2. The van der Waals surface area contributed by atoms with Gasteiger partial charge in [-0.15, -0.1) is 0 Å². The Kier molecular flexibility index (Phi) is 2.73. The van der Waals surface area contributed by atoms with Gasteiger partial charge in [0.2, 0.25) is 5.91 Å². The molecule has 1 heterocycles. The molecule has 1 aliphatic carbocycles. The van der Waals surface area contributed by atoms with Gasteiger partial charge in [-0.1, -0.05) is 6.42 Å². The maximum Gasteiger partial charge on any atom is 0.230 e. The number of aliphatic hydroxyl groups is 1. The fraction of sp³-hybridized carbons (Fsp3) is 0.909. The molecule has 2 unspecified atom stereocenters. The number of likely N-dealkylation sites (tertiary alicyclic amines) is 1. The van der Waals surface area contributed by atoms with Crippen LogP contribution < -0.4 is 5.73 Å². The highest BCUT2D eigenvalue weighted by Crippen LogP contribution is 2.38. The quantitative estimate of drug-likeness (QED) is 0.647. The molecule has 2 rings (SSSR count). The number of β-amino-alcohol motifs (C(OH)–C–C–N with tert-alkyl or cyclic N) is 1. The van der Waals surface area contributed by atoms with Crippen molar-refractivity contribution in [3.8, 4) is 0 Å². The van der Waals surface area contributed by atoms with E-state index in [4.69, 9.17) is 5.73 Å². The van der Waals surface area contributed by atoms with Crippen molar-refractivity contribution >= 4 is 5.91 Å². The fourth-order valence-corrected chi connectivity index (χ4v) is 2.75. The molecular formula is C11H20N2O2. The average molecular weight is 212 g/mol. The van der Waals surface area contributed by atoms with E-state index in [-0.39, 0.29) is 23.5 Å². The van der Waals surface area contributed by atoms with Gasteiger partial charge in [-0.05, 0) is 26.2 Å². The molecule has 3 N–H and O–H groups in total. The fourth-order valence-electron chi connectivity index (χ4n) is 2.75. The molecule has 2 fully saturated rings. The summed E-state index contributed by atoms with van der Waals surface area (Å²) in [6.07, 6.45) is 3.24. The summed E-state index contributed by atoms with van der Waals surface area (Å²) in [6.45, 7) is 3.14. The Hall–Kier alpha value is -0.610. The third kappa shape index (κ3) is 1.76. The lowest BCUT2D eigenvalue weighted by Crippen LogP contribution is -2.48. The maximum atomic E-state index is 12.3. The van der Waals surface area contributed by atoms with Gasteiger partial charge >= 0.3 is 0 Å². The van der Waals surface area contributed by atoms with Gasteiger partial charge in [0, 0.05) is 19.1 Å². The molecule has 15 heavy (non-hydrogen) atoms. The molecule has 1 aliphatic heterocycles. The molecule has 1 saturated carbocycles. The minimum Gasteiger partial charge on any atom is -0.391 e. The standard InChI is InChI=1S/C11H20N2O2/c1-11(5-2-3-9(11)12)10(15)13-6-4-8(14)7-13/h8-9,14H,2-7,12H2,1H3/t8-,9?,11?/m0/s1. The van der Waals surface area contributed by atoms with E-state index in [1.807, 2.05) is 6.92 Å². The number of rotatable bonds is 1. The first-order chi connectivity index (χ1) is 7.04. The molecule has 0 aromatic rings. The van der Waals surface area contributed by atoms with Crippen LogP contribution in [0.25, 0.3) is 0 Å². The molecule has 0 spiro atoms. The molecule has 86 valence electrons. The molecule has 4 heteroatoms. The second-order valence-electron chi connectivity index (χ2n) is 5.11. The van der Waals surface area contributed by atoms with Crippen LogP contribution in [0.4, 0.5) is 0 Å². The number of carbonyl (C=O) groups is 1. The Balaban J connectivity index is 2.07. The van der Waals surface area contributed by atoms with Gasteiger partial charge in [0.15, 0.2) is 0 Å². The van der Waals surface area contributed by atoms with E-state index in [0.717, 1.165) is 19.3 Å². The van der Waals surface area contributed by atoms with Crippen molar-refractivity contribution in [1.29, 1.82) is 0 Å². The highest BCUT2D eigenvalue weighted by atomic mass is 16.3. The molecule has 1 amide bonds. The highest BCUT2D eigenvalue weighted by molar-refractivity contribution is 5.83. The van der Waals surface area contributed by atoms with Crippen LogP contribution in [0.15, 0.2) is 0 Å². The van der Waals surface area contributed by atoms with Crippen molar-refractivity contribution in [3.05, 3.63) is 0 Å². The third-order valence-corrected chi connectivity index (χ3v) is 3.97. The summed E-state index contributed by atoms with van der Waals surface area (Å²) in [4.78, 5) is 14.0. The van der Waals surface area contributed by atoms with Gasteiger partial charge in [-0.3, -0.25) is 4.79 Å². The number of nitrogens with zero attached hydrogens (tertiary/aromatic N) is 1. The van der Waals surface area contributed by atoms with E-state index in [0.29, 0.717) is 19.5 Å². The Labute approximate surface area is 90.4 Å². The van der Waals surface area contributed by atoms with Crippen molar-refractivity contribution in [2.24, 2.45) is 11.1 Å². The second kappa shape index (κ2) is 3.76. The second-order valence-corrected chi connectivity index (χ2v) is 5.11.